The molecule has 0 amide bonds. The zero-order valence-corrected chi connectivity index (χ0v) is 30.9. The third-order valence-corrected chi connectivity index (χ3v) is 11.2. The molecule has 4 heterocycles. The normalized spacial score (nSPS) is 13.4. The number of aromatic nitrogens is 1. The lowest BCUT2D eigenvalue weighted by Gasteiger charge is -2.19. The zero-order valence-electron chi connectivity index (χ0n) is 30.9. The van der Waals surface area contributed by atoms with E-state index in [2.05, 4.69) is 79.2 Å². The van der Waals surface area contributed by atoms with Gasteiger partial charge in [0.1, 0.15) is 28.1 Å². The Morgan fingerprint density at radius 1 is 0.527 bits per heavy atom. The first kappa shape index (κ1) is 32.9. The van der Waals surface area contributed by atoms with E-state index in [0.29, 0.717) is 22.3 Å². The van der Waals surface area contributed by atoms with Crippen LogP contribution >= 0.6 is 0 Å². The summed E-state index contributed by atoms with van der Waals surface area (Å²) in [5, 5.41) is 10.2. The van der Waals surface area contributed by atoms with Gasteiger partial charge in [-0.3, -0.25) is 5.32 Å². The Labute approximate surface area is 316 Å². The van der Waals surface area contributed by atoms with Gasteiger partial charge in [0.2, 0.25) is 0 Å². The van der Waals surface area contributed by atoms with Crippen molar-refractivity contribution in [3.63, 3.8) is 0 Å². The van der Waals surface area contributed by atoms with Crippen LogP contribution in [0.15, 0.2) is 158 Å². The predicted octanol–water partition coefficient (Wildman–Crippen LogP) is 10.3. The molecule has 0 atom stereocenters. The van der Waals surface area contributed by atoms with Gasteiger partial charge in [-0.15, -0.1) is 0 Å². The minimum absolute atomic E-state index is 0.0349. The summed E-state index contributed by atoms with van der Waals surface area (Å²) in [4.78, 5) is 26.8. The number of quaternary nitrogens is 1. The van der Waals surface area contributed by atoms with Gasteiger partial charge < -0.3 is 13.4 Å². The van der Waals surface area contributed by atoms with Gasteiger partial charge in [0.05, 0.1) is 5.56 Å². The number of nitrogens with zero attached hydrogens (tertiary/aromatic N) is 1. The molecule has 6 heteroatoms. The Kier molecular flexibility index (Phi) is 7.25. The molecule has 0 aliphatic carbocycles. The van der Waals surface area contributed by atoms with Crippen molar-refractivity contribution < 1.29 is 14.2 Å². The van der Waals surface area contributed by atoms with Gasteiger partial charge in [-0.25, -0.2) is 9.59 Å². The summed E-state index contributed by atoms with van der Waals surface area (Å²) in [6.07, 6.45) is 4.03. The second kappa shape index (κ2) is 12.1. The van der Waals surface area contributed by atoms with Crippen LogP contribution < -0.4 is 16.6 Å². The molecule has 0 unspecified atom stereocenters. The smallest absolute Gasteiger partial charge is 0.349 e. The van der Waals surface area contributed by atoms with Crippen LogP contribution in [0.2, 0.25) is 0 Å². The minimum atomic E-state index is -0.360. The van der Waals surface area contributed by atoms with Crippen LogP contribution in [0.3, 0.4) is 0 Å². The molecule has 1 aliphatic rings. The van der Waals surface area contributed by atoms with Crippen LogP contribution in [0.25, 0.3) is 88.0 Å². The van der Waals surface area contributed by atoms with Gasteiger partial charge in [-0.2, -0.15) is 0 Å². The van der Waals surface area contributed by atoms with Crippen LogP contribution in [0.5, 0.6) is 0 Å². The van der Waals surface area contributed by atoms with E-state index >= 15 is 0 Å². The molecule has 10 rings (SSSR count). The van der Waals surface area contributed by atoms with E-state index < -0.39 is 0 Å². The molecule has 0 saturated heterocycles. The lowest BCUT2D eigenvalue weighted by molar-refractivity contribution is -0.457. The Hall–Kier alpha value is -6.76. The van der Waals surface area contributed by atoms with Gasteiger partial charge in [-0.05, 0) is 79.4 Å². The van der Waals surface area contributed by atoms with Crippen molar-refractivity contribution >= 4 is 65.6 Å². The Morgan fingerprint density at radius 3 is 1.89 bits per heavy atom. The summed E-state index contributed by atoms with van der Waals surface area (Å²) in [7, 11) is 2.04. The maximum absolute atomic E-state index is 13.5. The van der Waals surface area contributed by atoms with Crippen molar-refractivity contribution in [1.82, 2.24) is 4.57 Å². The van der Waals surface area contributed by atoms with E-state index in [1.807, 2.05) is 98.1 Å². The van der Waals surface area contributed by atoms with Crippen LogP contribution in [-0.4, -0.2) is 4.57 Å². The molecular weight excluding hydrogens is 681 g/mol. The maximum atomic E-state index is 13.5. The van der Waals surface area contributed by atoms with Crippen LogP contribution in [-0.2, 0) is 12.5 Å². The molecule has 1 aliphatic heterocycles. The number of hydrogen-bond donors (Lipinski definition) is 1. The van der Waals surface area contributed by atoms with Gasteiger partial charge in [0, 0.05) is 41.1 Å². The van der Waals surface area contributed by atoms with E-state index in [1.165, 1.54) is 5.56 Å². The number of benzene rings is 6. The third kappa shape index (κ3) is 5.29. The molecule has 0 bridgehead atoms. The van der Waals surface area contributed by atoms with E-state index in [0.717, 1.165) is 77.0 Å². The fourth-order valence-electron chi connectivity index (χ4n) is 8.22. The van der Waals surface area contributed by atoms with Crippen LogP contribution in [0.1, 0.15) is 37.6 Å². The van der Waals surface area contributed by atoms with Crippen molar-refractivity contribution in [3.8, 4) is 22.4 Å². The standard InChI is InChI=1S/C49H36N2O4/c1-49(2,3)31-18-19-32-30(25-31)17-24-45-38(32)26-37(47(52)54-45)28-13-15-29(16-14-28)43-22-23-44(51(43)4)42-21-20-41(50-42)40-27-39-35-11-6-5-9-33(35)34-10-7-8-12-36(34)46(39)55-48(40)53/h5-27,50H,1-4H3/p+1. The maximum Gasteiger partial charge on any atom is 0.349 e. The van der Waals surface area contributed by atoms with Crippen molar-refractivity contribution in [2.75, 3.05) is 0 Å². The van der Waals surface area contributed by atoms with Crippen molar-refractivity contribution in [2.24, 2.45) is 7.05 Å². The topological polar surface area (TPSA) is 82.0 Å². The fourth-order valence-corrected chi connectivity index (χ4v) is 8.22. The van der Waals surface area contributed by atoms with Gasteiger partial charge in [-0.1, -0.05) is 118 Å². The van der Waals surface area contributed by atoms with E-state index in [1.54, 1.807) is 0 Å². The monoisotopic (exact) mass is 717 g/mol. The molecule has 3 aromatic heterocycles. The molecule has 0 spiro atoms. The molecular formula is C49H37N2O4+. The van der Waals surface area contributed by atoms with E-state index in [4.69, 9.17) is 8.83 Å². The minimum Gasteiger partial charge on any atom is -0.422 e. The number of fused-ring (bicyclic) bond motifs is 9. The number of nitrogens with two attached hydrogens (primary N) is 1. The van der Waals surface area contributed by atoms with Crippen molar-refractivity contribution in [2.45, 2.75) is 26.2 Å². The van der Waals surface area contributed by atoms with Gasteiger partial charge in [0.15, 0.2) is 5.70 Å². The second-order valence-electron chi connectivity index (χ2n) is 15.5. The summed E-state index contributed by atoms with van der Waals surface area (Å²) in [5.41, 5.74) is 8.50. The highest BCUT2D eigenvalue weighted by atomic mass is 16.4. The largest absolute Gasteiger partial charge is 0.422 e. The highest BCUT2D eigenvalue weighted by Gasteiger charge is 2.25. The quantitative estimate of drug-likeness (QED) is 0.145. The highest BCUT2D eigenvalue weighted by molar-refractivity contribution is 6.23. The first-order valence-corrected chi connectivity index (χ1v) is 18.5. The van der Waals surface area contributed by atoms with Crippen LogP contribution in [0.4, 0.5) is 0 Å². The van der Waals surface area contributed by atoms with Gasteiger partial charge in [0.25, 0.3) is 0 Å². The van der Waals surface area contributed by atoms with Crippen molar-refractivity contribution in [1.29, 1.82) is 0 Å². The molecule has 0 fully saturated rings. The lowest BCUT2D eigenvalue weighted by atomic mass is 9.85. The fraction of sp³-hybridized carbons (Fsp3) is 0.102. The zero-order chi connectivity index (χ0) is 37.6. The Morgan fingerprint density at radius 2 is 1.15 bits per heavy atom. The second-order valence-corrected chi connectivity index (χ2v) is 15.5. The molecule has 2 N–H and O–H groups in total. The summed E-state index contributed by atoms with van der Waals surface area (Å²) in [5.74, 6) is 0. The molecule has 6 aromatic carbocycles. The average molecular weight is 718 g/mol. The first-order chi connectivity index (χ1) is 26.6. The number of rotatable bonds is 4. The summed E-state index contributed by atoms with van der Waals surface area (Å²) in [6, 6.07) is 43.0. The SMILES string of the molecule is Cn1c(C2=CC=C(c3cc4c5ccccc5c5ccccc5c4oc3=O)[NH2+]2)ccc1-c1ccc(-c2cc3c(ccc4cc(C(C)(C)C)ccc43)oc2=O)cc1. The lowest BCUT2D eigenvalue weighted by Crippen LogP contribution is -2.76. The highest BCUT2D eigenvalue weighted by Crippen LogP contribution is 2.36. The molecule has 266 valence electrons. The first-order valence-electron chi connectivity index (χ1n) is 18.5. The summed E-state index contributed by atoms with van der Waals surface area (Å²) < 4.78 is 14.1. The molecule has 0 radical (unpaired) electrons. The molecule has 55 heavy (non-hydrogen) atoms. The number of hydrogen-bond acceptors (Lipinski definition) is 4. The summed E-state index contributed by atoms with van der Waals surface area (Å²) >= 11 is 0. The average Bonchev–Trinajstić information content (AvgIpc) is 3.83. The van der Waals surface area contributed by atoms with Gasteiger partial charge >= 0.3 is 11.3 Å². The third-order valence-electron chi connectivity index (χ3n) is 11.2. The Bertz CT molecular complexity index is 3260. The molecule has 0 saturated carbocycles. The summed E-state index contributed by atoms with van der Waals surface area (Å²) in [6.45, 7) is 6.63. The van der Waals surface area contributed by atoms with E-state index in [-0.39, 0.29) is 16.7 Å². The molecule has 9 aromatic rings. The van der Waals surface area contributed by atoms with Crippen molar-refractivity contribution in [3.05, 3.63) is 177 Å². The molecule has 6 nitrogen and oxygen atoms in total. The Balaban J connectivity index is 0.941. The van der Waals surface area contributed by atoms with E-state index in [9.17, 15) is 9.59 Å². The predicted molar refractivity (Wildman–Crippen MR) is 224 cm³/mol. The van der Waals surface area contributed by atoms with Crippen LogP contribution in [0, 0.1) is 0 Å². The number of allylic oxidation sites excluding steroid dienone is 2.